The molecule has 0 amide bonds. The van der Waals surface area contributed by atoms with Crippen molar-refractivity contribution in [2.24, 2.45) is 0 Å². The van der Waals surface area contributed by atoms with Gasteiger partial charge in [-0.2, -0.15) is 4.68 Å². The molecule has 1 rings (SSSR count). The Labute approximate surface area is 63.0 Å². The monoisotopic (exact) mass is 156 g/mol. The maximum Gasteiger partial charge on any atom is 0.436 e. The van der Waals surface area contributed by atoms with E-state index in [1.807, 2.05) is 0 Å². The Morgan fingerprint density at radius 2 is 2.64 bits per heavy atom. The van der Waals surface area contributed by atoms with Gasteiger partial charge in [0.15, 0.2) is 0 Å². The van der Waals surface area contributed by atoms with Crippen molar-refractivity contribution in [3.63, 3.8) is 0 Å². The average molecular weight is 156 g/mol. The number of carbonyl (C=O) groups is 1. The third-order valence-corrected chi connectivity index (χ3v) is 0.964. The van der Waals surface area contributed by atoms with Gasteiger partial charge in [-0.25, -0.2) is 9.78 Å². The summed E-state index contributed by atoms with van der Waals surface area (Å²) < 4.78 is 5.55. The Morgan fingerprint density at radius 1 is 1.91 bits per heavy atom. The van der Waals surface area contributed by atoms with Gasteiger partial charge in [0, 0.05) is 0 Å². The fourth-order valence-electron chi connectivity index (χ4n) is 0.553. The van der Waals surface area contributed by atoms with Gasteiger partial charge >= 0.3 is 6.09 Å². The summed E-state index contributed by atoms with van der Waals surface area (Å²) in [5, 5.41) is 3.54. The Hall–Kier alpha value is -1.59. The quantitative estimate of drug-likeness (QED) is 0.612. The van der Waals surface area contributed by atoms with E-state index < -0.39 is 6.09 Å². The lowest BCUT2D eigenvalue weighted by molar-refractivity contribution is 0.150. The number of nitrogen functional groups attached to an aromatic ring is 1. The third kappa shape index (κ3) is 1.66. The Morgan fingerprint density at radius 3 is 3.09 bits per heavy atom. The van der Waals surface area contributed by atoms with E-state index >= 15 is 0 Å². The van der Waals surface area contributed by atoms with Crippen molar-refractivity contribution in [1.29, 1.82) is 0 Å². The van der Waals surface area contributed by atoms with Crippen LogP contribution in [-0.4, -0.2) is 27.5 Å². The molecule has 0 spiro atoms. The van der Waals surface area contributed by atoms with Crippen LogP contribution < -0.4 is 5.73 Å². The third-order valence-electron chi connectivity index (χ3n) is 0.964. The van der Waals surface area contributed by atoms with Crippen molar-refractivity contribution < 1.29 is 9.53 Å². The summed E-state index contributed by atoms with van der Waals surface area (Å²) in [6.07, 6.45) is 0.629. The van der Waals surface area contributed by atoms with E-state index in [0.29, 0.717) is 6.61 Å². The molecule has 0 radical (unpaired) electrons. The molecule has 60 valence electrons. The summed E-state index contributed by atoms with van der Waals surface area (Å²) in [4.78, 5) is 14.4. The molecule has 0 unspecified atom stereocenters. The van der Waals surface area contributed by atoms with E-state index in [-0.39, 0.29) is 5.95 Å². The minimum absolute atomic E-state index is 0.0538. The summed E-state index contributed by atoms with van der Waals surface area (Å²) in [5.41, 5.74) is 5.16. The van der Waals surface area contributed by atoms with Gasteiger partial charge in [0.05, 0.1) is 6.61 Å². The lowest BCUT2D eigenvalue weighted by Gasteiger charge is -1.97. The van der Waals surface area contributed by atoms with Crippen molar-refractivity contribution in [2.45, 2.75) is 6.92 Å². The molecule has 6 heteroatoms. The first-order valence-electron chi connectivity index (χ1n) is 3.08. The maximum atomic E-state index is 10.8. The second kappa shape index (κ2) is 3.00. The van der Waals surface area contributed by atoms with Crippen LogP contribution >= 0.6 is 0 Å². The van der Waals surface area contributed by atoms with Crippen LogP contribution in [0.2, 0.25) is 0 Å². The van der Waals surface area contributed by atoms with Gasteiger partial charge < -0.3 is 10.5 Å². The number of hydrogen-bond donors (Lipinski definition) is 1. The summed E-state index contributed by atoms with van der Waals surface area (Å²) in [6, 6.07) is 0. The number of nitrogens with two attached hydrogens (primary N) is 1. The zero-order chi connectivity index (χ0) is 8.27. The molecule has 0 fully saturated rings. The molecule has 1 aromatic heterocycles. The fraction of sp³-hybridized carbons (Fsp3) is 0.400. The number of anilines is 1. The Balaban J connectivity index is 2.69. The van der Waals surface area contributed by atoms with E-state index in [0.717, 1.165) is 4.68 Å². The highest BCUT2D eigenvalue weighted by molar-refractivity contribution is 5.69. The van der Waals surface area contributed by atoms with Crippen molar-refractivity contribution >= 4 is 12.0 Å². The molecule has 2 N–H and O–H groups in total. The minimum atomic E-state index is -0.572. The van der Waals surface area contributed by atoms with E-state index in [1.165, 1.54) is 6.33 Å². The predicted octanol–water partition coefficient (Wildman–Crippen LogP) is -0.135. The zero-order valence-corrected chi connectivity index (χ0v) is 6.02. The molecular weight excluding hydrogens is 148 g/mol. The molecule has 0 saturated heterocycles. The maximum absolute atomic E-state index is 10.8. The molecule has 0 aromatic carbocycles. The van der Waals surface area contributed by atoms with E-state index in [4.69, 9.17) is 5.73 Å². The Kier molecular flexibility index (Phi) is 2.05. The number of ether oxygens (including phenoxy) is 1. The van der Waals surface area contributed by atoms with Gasteiger partial charge in [0.25, 0.3) is 0 Å². The molecule has 0 aliphatic heterocycles. The van der Waals surface area contributed by atoms with Gasteiger partial charge in [-0.15, -0.1) is 5.10 Å². The van der Waals surface area contributed by atoms with Gasteiger partial charge in [-0.05, 0) is 6.92 Å². The van der Waals surface area contributed by atoms with E-state index in [9.17, 15) is 4.79 Å². The van der Waals surface area contributed by atoms with E-state index in [2.05, 4.69) is 14.8 Å². The summed E-state index contributed by atoms with van der Waals surface area (Å²) >= 11 is 0. The van der Waals surface area contributed by atoms with Crippen LogP contribution in [0.1, 0.15) is 6.92 Å². The van der Waals surface area contributed by atoms with Crippen LogP contribution in [0.3, 0.4) is 0 Å². The van der Waals surface area contributed by atoms with Crippen LogP contribution in [0.5, 0.6) is 0 Å². The second-order valence-electron chi connectivity index (χ2n) is 1.75. The van der Waals surface area contributed by atoms with Gasteiger partial charge in [-0.1, -0.05) is 0 Å². The molecule has 0 aliphatic rings. The summed E-state index contributed by atoms with van der Waals surface area (Å²) in [7, 11) is 0. The van der Waals surface area contributed by atoms with Crippen LogP contribution in [0, 0.1) is 0 Å². The van der Waals surface area contributed by atoms with Gasteiger partial charge in [-0.3, -0.25) is 0 Å². The van der Waals surface area contributed by atoms with Gasteiger partial charge in [0.2, 0.25) is 5.95 Å². The fourth-order valence-corrected chi connectivity index (χ4v) is 0.553. The lowest BCUT2D eigenvalue weighted by Crippen LogP contribution is -2.14. The number of nitrogens with zero attached hydrogens (tertiary/aromatic N) is 3. The summed E-state index contributed by atoms with van der Waals surface area (Å²) in [5.74, 6) is 0.0538. The smallest absolute Gasteiger partial charge is 0.436 e. The Bertz CT molecular complexity index is 257. The molecule has 1 heterocycles. The first-order valence-corrected chi connectivity index (χ1v) is 3.08. The normalized spacial score (nSPS) is 9.55. The van der Waals surface area contributed by atoms with Crippen LogP contribution in [0.25, 0.3) is 0 Å². The molecule has 0 atom stereocenters. The molecule has 0 saturated carbocycles. The van der Waals surface area contributed by atoms with Gasteiger partial charge in [0.1, 0.15) is 6.33 Å². The average Bonchev–Trinajstić information content (AvgIpc) is 2.36. The highest BCUT2D eigenvalue weighted by atomic mass is 16.5. The van der Waals surface area contributed by atoms with Crippen LogP contribution in [0.15, 0.2) is 6.33 Å². The highest BCUT2D eigenvalue weighted by Gasteiger charge is 2.05. The molecule has 1 aromatic rings. The lowest BCUT2D eigenvalue weighted by atomic mass is 10.9. The first kappa shape index (κ1) is 7.52. The topological polar surface area (TPSA) is 83.0 Å². The van der Waals surface area contributed by atoms with Crippen molar-refractivity contribution in [2.75, 3.05) is 12.3 Å². The highest BCUT2D eigenvalue weighted by Crippen LogP contribution is 1.90. The molecule has 11 heavy (non-hydrogen) atoms. The van der Waals surface area contributed by atoms with E-state index in [1.54, 1.807) is 6.92 Å². The first-order chi connectivity index (χ1) is 5.24. The number of carbonyl (C=O) groups excluding carboxylic acids is 1. The van der Waals surface area contributed by atoms with Crippen LogP contribution in [0.4, 0.5) is 10.7 Å². The minimum Gasteiger partial charge on any atom is -0.448 e. The number of hydrogen-bond acceptors (Lipinski definition) is 5. The number of aromatic nitrogens is 3. The molecule has 6 nitrogen and oxygen atoms in total. The second-order valence-corrected chi connectivity index (χ2v) is 1.75. The van der Waals surface area contributed by atoms with Crippen LogP contribution in [-0.2, 0) is 4.74 Å². The largest absolute Gasteiger partial charge is 0.448 e. The van der Waals surface area contributed by atoms with Crippen molar-refractivity contribution in [3.8, 4) is 0 Å². The predicted molar refractivity (Wildman–Crippen MR) is 36.9 cm³/mol. The zero-order valence-electron chi connectivity index (χ0n) is 6.02. The number of rotatable bonds is 1. The standard InChI is InChI=1S/C5H8N4O2/c1-2-11-5(10)9-3-7-4(6)8-9/h3H,2H2,1H3,(H2,6,8). The summed E-state index contributed by atoms with van der Waals surface area (Å²) in [6.45, 7) is 2.01. The van der Waals surface area contributed by atoms with Crippen molar-refractivity contribution in [3.05, 3.63) is 6.33 Å². The SMILES string of the molecule is CCOC(=O)n1cnc(N)n1. The van der Waals surface area contributed by atoms with Crippen molar-refractivity contribution in [1.82, 2.24) is 14.8 Å². The molecule has 0 bridgehead atoms. The molecular formula is C5H8N4O2. The molecule has 0 aliphatic carbocycles.